The number of aromatic nitrogens is 1. The van der Waals surface area contributed by atoms with Crippen molar-refractivity contribution in [3.05, 3.63) is 64.7 Å². The molecule has 2 aromatic carbocycles. The second-order valence-corrected chi connectivity index (χ2v) is 9.84. The van der Waals surface area contributed by atoms with Gasteiger partial charge in [-0.2, -0.15) is 0 Å². The smallest absolute Gasteiger partial charge is 0.325 e. The number of piperidine rings is 1. The van der Waals surface area contributed by atoms with E-state index in [0.717, 1.165) is 45.1 Å². The van der Waals surface area contributed by atoms with Crippen LogP contribution in [0.15, 0.2) is 42.5 Å². The Hall–Kier alpha value is -3.40. The first kappa shape index (κ1) is 22.4. The van der Waals surface area contributed by atoms with Crippen LogP contribution in [-0.2, 0) is 15.1 Å². The standard InChI is InChI=1S/C24H22F2N4O3S/c1-24(15-8-9-16(25)17(26)11-15)22(32)30(23(33)28-24)13-20(31)29-10-4-5-14(12-29)21-27-18-6-2-3-7-19(18)34-21/h2-3,6-9,11,14H,4-5,10,12-13H2,1H3,(H,28,33)/t14-,24-/m0/s1. The molecule has 176 valence electrons. The number of rotatable bonds is 4. The van der Waals surface area contributed by atoms with Crippen molar-refractivity contribution in [3.63, 3.8) is 0 Å². The maximum Gasteiger partial charge on any atom is 0.325 e. The average Bonchev–Trinajstić information content (AvgIpc) is 3.36. The number of fused-ring (bicyclic) bond motifs is 1. The number of imide groups is 1. The van der Waals surface area contributed by atoms with Crippen molar-refractivity contribution in [2.75, 3.05) is 19.6 Å². The number of hydrogen-bond acceptors (Lipinski definition) is 5. The van der Waals surface area contributed by atoms with Gasteiger partial charge in [0.2, 0.25) is 5.91 Å². The summed E-state index contributed by atoms with van der Waals surface area (Å²) in [6, 6.07) is 10.2. The van der Waals surface area contributed by atoms with Crippen molar-refractivity contribution in [2.24, 2.45) is 0 Å². The number of nitrogens with one attached hydrogen (secondary N) is 1. The summed E-state index contributed by atoms with van der Waals surface area (Å²) < 4.78 is 28.2. The molecule has 2 fully saturated rings. The van der Waals surface area contributed by atoms with Crippen LogP contribution in [0.5, 0.6) is 0 Å². The van der Waals surface area contributed by atoms with E-state index in [1.165, 1.54) is 13.0 Å². The molecule has 0 unspecified atom stereocenters. The number of nitrogens with zero attached hydrogens (tertiary/aromatic N) is 3. The summed E-state index contributed by atoms with van der Waals surface area (Å²) in [4.78, 5) is 45.9. The third kappa shape index (κ3) is 3.81. The van der Waals surface area contributed by atoms with Gasteiger partial charge in [-0.3, -0.25) is 14.5 Å². The van der Waals surface area contributed by atoms with Crippen LogP contribution in [0, 0.1) is 11.6 Å². The topological polar surface area (TPSA) is 82.6 Å². The van der Waals surface area contributed by atoms with Crippen molar-refractivity contribution >= 4 is 39.4 Å². The minimum Gasteiger partial charge on any atom is -0.340 e. The van der Waals surface area contributed by atoms with Gasteiger partial charge in [0, 0.05) is 19.0 Å². The number of benzene rings is 2. The minimum absolute atomic E-state index is 0.0886. The van der Waals surface area contributed by atoms with Crippen LogP contribution < -0.4 is 5.32 Å². The lowest BCUT2D eigenvalue weighted by atomic mass is 9.92. The van der Waals surface area contributed by atoms with Crippen molar-refractivity contribution in [1.82, 2.24) is 20.1 Å². The number of halogens is 2. The van der Waals surface area contributed by atoms with Crippen LogP contribution in [0.2, 0.25) is 0 Å². The van der Waals surface area contributed by atoms with Crippen LogP contribution in [-0.4, -0.2) is 52.3 Å². The van der Waals surface area contributed by atoms with E-state index in [-0.39, 0.29) is 17.4 Å². The quantitative estimate of drug-likeness (QED) is 0.572. The Labute approximate surface area is 198 Å². The third-order valence-corrected chi connectivity index (χ3v) is 7.70. The lowest BCUT2D eigenvalue weighted by Gasteiger charge is -2.32. The zero-order chi connectivity index (χ0) is 24.0. The summed E-state index contributed by atoms with van der Waals surface area (Å²) in [5.74, 6) is -3.11. The number of thiazole rings is 1. The van der Waals surface area contributed by atoms with Crippen molar-refractivity contribution < 1.29 is 23.2 Å². The summed E-state index contributed by atoms with van der Waals surface area (Å²) >= 11 is 1.62. The van der Waals surface area contributed by atoms with E-state index < -0.39 is 35.7 Å². The number of hydrogen-bond donors (Lipinski definition) is 1. The molecule has 5 rings (SSSR count). The molecule has 0 saturated carbocycles. The molecule has 4 amide bonds. The fourth-order valence-corrected chi connectivity index (χ4v) is 5.64. The number of carbonyl (C=O) groups excluding carboxylic acids is 3. The molecule has 0 aliphatic carbocycles. The maximum atomic E-state index is 13.7. The Morgan fingerprint density at radius 1 is 1.21 bits per heavy atom. The van der Waals surface area contributed by atoms with E-state index in [2.05, 4.69) is 5.32 Å². The molecule has 1 aromatic heterocycles. The monoisotopic (exact) mass is 484 g/mol. The van der Waals surface area contributed by atoms with Gasteiger partial charge in [0.1, 0.15) is 12.1 Å². The molecule has 2 atom stereocenters. The van der Waals surface area contributed by atoms with Crippen LogP contribution in [0.4, 0.5) is 13.6 Å². The number of para-hydroxylation sites is 1. The molecular weight excluding hydrogens is 462 g/mol. The van der Waals surface area contributed by atoms with Gasteiger partial charge in [0.25, 0.3) is 5.91 Å². The zero-order valence-corrected chi connectivity index (χ0v) is 19.2. The molecule has 2 aliphatic rings. The lowest BCUT2D eigenvalue weighted by molar-refractivity contribution is -0.139. The van der Waals surface area contributed by atoms with Crippen LogP contribution in [0.1, 0.15) is 36.3 Å². The first-order valence-electron chi connectivity index (χ1n) is 11.0. The molecule has 0 bridgehead atoms. The van der Waals surface area contributed by atoms with E-state index in [1.807, 2.05) is 24.3 Å². The van der Waals surface area contributed by atoms with E-state index in [4.69, 9.17) is 4.98 Å². The molecule has 2 saturated heterocycles. The molecule has 2 aliphatic heterocycles. The average molecular weight is 485 g/mol. The molecule has 34 heavy (non-hydrogen) atoms. The van der Waals surface area contributed by atoms with Crippen LogP contribution >= 0.6 is 11.3 Å². The Kier molecular flexibility index (Phi) is 5.55. The van der Waals surface area contributed by atoms with Crippen LogP contribution in [0.3, 0.4) is 0 Å². The third-order valence-electron chi connectivity index (χ3n) is 6.50. The van der Waals surface area contributed by atoms with Gasteiger partial charge in [-0.05, 0) is 49.6 Å². The summed E-state index contributed by atoms with van der Waals surface area (Å²) in [7, 11) is 0. The van der Waals surface area contributed by atoms with E-state index in [0.29, 0.717) is 13.1 Å². The zero-order valence-electron chi connectivity index (χ0n) is 18.4. The highest BCUT2D eigenvalue weighted by Gasteiger charge is 2.50. The summed E-state index contributed by atoms with van der Waals surface area (Å²) in [6.07, 6.45) is 1.69. The van der Waals surface area contributed by atoms with Crippen molar-refractivity contribution in [2.45, 2.75) is 31.2 Å². The summed E-state index contributed by atoms with van der Waals surface area (Å²) in [5, 5.41) is 3.49. The van der Waals surface area contributed by atoms with Crippen molar-refractivity contribution in [1.29, 1.82) is 0 Å². The number of amides is 4. The molecule has 10 heteroatoms. The molecular formula is C24H22F2N4O3S. The second-order valence-electron chi connectivity index (χ2n) is 8.77. The highest BCUT2D eigenvalue weighted by molar-refractivity contribution is 7.18. The molecule has 0 spiro atoms. The highest BCUT2D eigenvalue weighted by atomic mass is 32.1. The minimum atomic E-state index is -1.59. The lowest BCUT2D eigenvalue weighted by Crippen LogP contribution is -2.47. The fourth-order valence-electron chi connectivity index (χ4n) is 4.55. The van der Waals surface area contributed by atoms with Gasteiger partial charge >= 0.3 is 6.03 Å². The Morgan fingerprint density at radius 2 is 2.00 bits per heavy atom. The predicted molar refractivity (Wildman–Crippen MR) is 122 cm³/mol. The summed E-state index contributed by atoms with van der Waals surface area (Å²) in [5.41, 5.74) is -0.549. The molecule has 7 nitrogen and oxygen atoms in total. The Balaban J connectivity index is 1.30. The highest BCUT2D eigenvalue weighted by Crippen LogP contribution is 2.34. The first-order chi connectivity index (χ1) is 16.3. The van der Waals surface area contributed by atoms with E-state index in [1.54, 1.807) is 16.2 Å². The van der Waals surface area contributed by atoms with Gasteiger partial charge in [-0.1, -0.05) is 18.2 Å². The second kappa shape index (κ2) is 8.43. The Bertz CT molecular complexity index is 1280. The maximum absolute atomic E-state index is 13.7. The van der Waals surface area contributed by atoms with Gasteiger partial charge in [-0.25, -0.2) is 18.6 Å². The Morgan fingerprint density at radius 3 is 2.76 bits per heavy atom. The van der Waals surface area contributed by atoms with Gasteiger partial charge in [0.15, 0.2) is 11.6 Å². The molecule has 1 N–H and O–H groups in total. The number of urea groups is 1. The first-order valence-corrected chi connectivity index (χ1v) is 11.8. The number of likely N-dealkylation sites (tertiary alicyclic amines) is 1. The molecule has 3 heterocycles. The largest absolute Gasteiger partial charge is 0.340 e. The van der Waals surface area contributed by atoms with Crippen molar-refractivity contribution in [3.8, 4) is 0 Å². The van der Waals surface area contributed by atoms with E-state index in [9.17, 15) is 23.2 Å². The van der Waals surface area contributed by atoms with Gasteiger partial charge < -0.3 is 10.2 Å². The number of carbonyl (C=O) groups is 3. The van der Waals surface area contributed by atoms with E-state index >= 15 is 0 Å². The van der Waals surface area contributed by atoms with Gasteiger partial charge in [0.05, 0.1) is 15.2 Å². The normalized spacial score (nSPS) is 23.0. The predicted octanol–water partition coefficient (Wildman–Crippen LogP) is 3.75. The van der Waals surface area contributed by atoms with Gasteiger partial charge in [-0.15, -0.1) is 11.3 Å². The van der Waals surface area contributed by atoms with Crippen LogP contribution in [0.25, 0.3) is 10.2 Å². The molecule has 0 radical (unpaired) electrons. The fraction of sp³-hybridized carbons (Fsp3) is 0.333. The summed E-state index contributed by atoms with van der Waals surface area (Å²) in [6.45, 7) is 1.98. The molecule has 3 aromatic rings. The SMILES string of the molecule is C[C@@]1(c2ccc(F)c(F)c2)NC(=O)N(CC(=O)N2CCC[C@H](c3nc4ccccc4s3)C2)C1=O.